The van der Waals surface area contributed by atoms with Crippen LogP contribution in [0.2, 0.25) is 0 Å². The Balaban J connectivity index is 2.08. The average molecular weight is 273 g/mol. The molecule has 2 rings (SSSR count). The van der Waals surface area contributed by atoms with Crippen LogP contribution in [0, 0.1) is 12.3 Å². The van der Waals surface area contributed by atoms with Crippen molar-refractivity contribution < 1.29 is 14.3 Å². The molecule has 1 saturated heterocycles. The van der Waals surface area contributed by atoms with E-state index in [0.717, 1.165) is 0 Å². The first kappa shape index (κ1) is 13.9. The molecule has 6 heteroatoms. The maximum absolute atomic E-state index is 11.8. The highest BCUT2D eigenvalue weighted by molar-refractivity contribution is 5.96. The Morgan fingerprint density at radius 2 is 2.40 bits per heavy atom. The number of ether oxygens (including phenoxy) is 1. The van der Waals surface area contributed by atoms with Crippen molar-refractivity contribution in [2.24, 2.45) is 5.73 Å². The van der Waals surface area contributed by atoms with Gasteiger partial charge in [0.25, 0.3) is 0 Å². The first-order chi connectivity index (χ1) is 9.61. The molecule has 1 fully saturated rings. The highest BCUT2D eigenvalue weighted by Crippen LogP contribution is 2.22. The number of nitrogens with zero attached hydrogens (tertiary/aromatic N) is 1. The van der Waals surface area contributed by atoms with Crippen LogP contribution >= 0.6 is 0 Å². The van der Waals surface area contributed by atoms with Crippen LogP contribution in [0.4, 0.5) is 16.2 Å². The standard InChI is InChI=1S/C14H15N3O3/c1-2-4-12(15)13(18)16-10-5-3-6-11(9-10)17-7-8-20-14(17)19/h1,3,5-6,9,12H,4,7-8,15H2,(H,16,18). The molecule has 0 bridgehead atoms. The molecule has 2 amide bonds. The number of terminal acetylenes is 1. The first-order valence-corrected chi connectivity index (χ1v) is 6.16. The number of nitrogens with two attached hydrogens (primary N) is 1. The van der Waals surface area contributed by atoms with Gasteiger partial charge in [0.15, 0.2) is 0 Å². The Labute approximate surface area is 116 Å². The fraction of sp³-hybridized carbons (Fsp3) is 0.286. The second-order valence-corrected chi connectivity index (χ2v) is 4.32. The van der Waals surface area contributed by atoms with E-state index in [0.29, 0.717) is 24.5 Å². The van der Waals surface area contributed by atoms with Gasteiger partial charge in [0, 0.05) is 17.8 Å². The predicted octanol–water partition coefficient (Wildman–Crippen LogP) is 0.932. The van der Waals surface area contributed by atoms with Crippen LogP contribution in [0.3, 0.4) is 0 Å². The summed E-state index contributed by atoms with van der Waals surface area (Å²) in [6.07, 6.45) is 4.89. The van der Waals surface area contributed by atoms with Gasteiger partial charge in [-0.05, 0) is 18.2 Å². The molecule has 0 spiro atoms. The number of hydrogen-bond donors (Lipinski definition) is 2. The summed E-state index contributed by atoms with van der Waals surface area (Å²) in [5.74, 6) is 1.98. The molecule has 3 N–H and O–H groups in total. The molecule has 0 saturated carbocycles. The molecule has 20 heavy (non-hydrogen) atoms. The molecule has 0 radical (unpaired) electrons. The Bertz CT molecular complexity index is 565. The van der Waals surface area contributed by atoms with Crippen LogP contribution in [-0.4, -0.2) is 31.2 Å². The lowest BCUT2D eigenvalue weighted by atomic mass is 10.2. The zero-order valence-corrected chi connectivity index (χ0v) is 10.8. The molecule has 1 aromatic carbocycles. The minimum Gasteiger partial charge on any atom is -0.447 e. The summed E-state index contributed by atoms with van der Waals surface area (Å²) < 4.78 is 4.87. The molecule has 1 unspecified atom stereocenters. The number of hydrogen-bond acceptors (Lipinski definition) is 4. The molecule has 0 aromatic heterocycles. The molecular weight excluding hydrogens is 258 g/mol. The van der Waals surface area contributed by atoms with Gasteiger partial charge >= 0.3 is 6.09 Å². The van der Waals surface area contributed by atoms with E-state index in [2.05, 4.69) is 11.2 Å². The molecule has 0 aliphatic carbocycles. The Morgan fingerprint density at radius 1 is 1.60 bits per heavy atom. The van der Waals surface area contributed by atoms with Crippen molar-refractivity contribution in [1.29, 1.82) is 0 Å². The van der Waals surface area contributed by atoms with E-state index >= 15 is 0 Å². The van der Waals surface area contributed by atoms with E-state index in [1.165, 1.54) is 4.90 Å². The van der Waals surface area contributed by atoms with E-state index in [1.54, 1.807) is 24.3 Å². The number of carbonyl (C=O) groups excluding carboxylic acids is 2. The van der Waals surface area contributed by atoms with Crippen molar-refractivity contribution in [3.05, 3.63) is 24.3 Å². The van der Waals surface area contributed by atoms with E-state index < -0.39 is 12.1 Å². The maximum atomic E-state index is 11.8. The minimum absolute atomic E-state index is 0.171. The maximum Gasteiger partial charge on any atom is 0.414 e. The van der Waals surface area contributed by atoms with Crippen LogP contribution in [0.5, 0.6) is 0 Å². The topological polar surface area (TPSA) is 84.7 Å². The molecule has 1 aliphatic rings. The molecule has 1 heterocycles. The van der Waals surface area contributed by atoms with E-state index in [-0.39, 0.29) is 12.3 Å². The number of nitrogens with one attached hydrogen (secondary N) is 1. The molecule has 104 valence electrons. The van der Waals surface area contributed by atoms with Crippen molar-refractivity contribution in [2.45, 2.75) is 12.5 Å². The van der Waals surface area contributed by atoms with Crippen LogP contribution in [0.1, 0.15) is 6.42 Å². The quantitative estimate of drug-likeness (QED) is 0.799. The lowest BCUT2D eigenvalue weighted by Gasteiger charge is -2.15. The summed E-state index contributed by atoms with van der Waals surface area (Å²) in [7, 11) is 0. The summed E-state index contributed by atoms with van der Waals surface area (Å²) in [5, 5.41) is 2.67. The van der Waals surface area contributed by atoms with Gasteiger partial charge in [-0.2, -0.15) is 0 Å². The van der Waals surface area contributed by atoms with E-state index in [1.807, 2.05) is 0 Å². The SMILES string of the molecule is C#CCC(N)C(=O)Nc1cccc(N2CCOC2=O)c1. The lowest BCUT2D eigenvalue weighted by molar-refractivity contribution is -0.117. The third-order valence-electron chi connectivity index (χ3n) is 2.86. The van der Waals surface area contributed by atoms with Crippen molar-refractivity contribution in [1.82, 2.24) is 0 Å². The molecule has 1 aliphatic heterocycles. The van der Waals surface area contributed by atoms with Crippen LogP contribution < -0.4 is 16.0 Å². The van der Waals surface area contributed by atoms with Crippen LogP contribution in [0.25, 0.3) is 0 Å². The number of benzene rings is 1. The number of cyclic esters (lactones) is 1. The highest BCUT2D eigenvalue weighted by atomic mass is 16.6. The number of rotatable bonds is 4. The molecular formula is C14H15N3O3. The molecule has 1 atom stereocenters. The van der Waals surface area contributed by atoms with Gasteiger partial charge in [0.2, 0.25) is 5.91 Å². The smallest absolute Gasteiger partial charge is 0.414 e. The third kappa shape index (κ3) is 3.08. The average Bonchev–Trinajstić information content (AvgIpc) is 2.85. The highest BCUT2D eigenvalue weighted by Gasteiger charge is 2.23. The third-order valence-corrected chi connectivity index (χ3v) is 2.86. The number of amides is 2. The lowest BCUT2D eigenvalue weighted by Crippen LogP contribution is -2.35. The summed E-state index contributed by atoms with van der Waals surface area (Å²) >= 11 is 0. The fourth-order valence-corrected chi connectivity index (χ4v) is 1.83. The van der Waals surface area contributed by atoms with E-state index in [4.69, 9.17) is 16.9 Å². The second kappa shape index (κ2) is 6.08. The van der Waals surface area contributed by atoms with Crippen molar-refractivity contribution in [3.63, 3.8) is 0 Å². The van der Waals surface area contributed by atoms with Gasteiger partial charge < -0.3 is 15.8 Å². The van der Waals surface area contributed by atoms with Crippen LogP contribution in [-0.2, 0) is 9.53 Å². The number of anilines is 2. The zero-order chi connectivity index (χ0) is 14.5. The first-order valence-electron chi connectivity index (χ1n) is 6.16. The molecule has 6 nitrogen and oxygen atoms in total. The minimum atomic E-state index is -0.750. The zero-order valence-electron chi connectivity index (χ0n) is 10.8. The Morgan fingerprint density at radius 3 is 3.05 bits per heavy atom. The summed E-state index contributed by atoms with van der Waals surface area (Å²) in [5.41, 5.74) is 6.84. The normalized spacial score (nSPS) is 15.4. The van der Waals surface area contributed by atoms with Crippen molar-refractivity contribution in [3.8, 4) is 12.3 Å². The fourth-order valence-electron chi connectivity index (χ4n) is 1.83. The second-order valence-electron chi connectivity index (χ2n) is 4.32. The van der Waals surface area contributed by atoms with Gasteiger partial charge in [-0.3, -0.25) is 9.69 Å². The van der Waals surface area contributed by atoms with Crippen molar-refractivity contribution >= 4 is 23.4 Å². The van der Waals surface area contributed by atoms with Gasteiger partial charge in [-0.15, -0.1) is 12.3 Å². The molecule has 1 aromatic rings. The van der Waals surface area contributed by atoms with Gasteiger partial charge in [0.05, 0.1) is 12.6 Å². The number of carbonyl (C=O) groups is 2. The summed E-state index contributed by atoms with van der Waals surface area (Å²) in [6, 6.07) is 6.16. The Kier molecular flexibility index (Phi) is 4.23. The van der Waals surface area contributed by atoms with Gasteiger partial charge in [-0.25, -0.2) is 4.79 Å². The monoisotopic (exact) mass is 273 g/mol. The predicted molar refractivity (Wildman–Crippen MR) is 75.2 cm³/mol. The Hall–Kier alpha value is -2.52. The summed E-state index contributed by atoms with van der Waals surface area (Å²) in [6.45, 7) is 0.856. The summed E-state index contributed by atoms with van der Waals surface area (Å²) in [4.78, 5) is 24.7. The largest absolute Gasteiger partial charge is 0.447 e. The van der Waals surface area contributed by atoms with E-state index in [9.17, 15) is 9.59 Å². The van der Waals surface area contributed by atoms with Gasteiger partial charge in [0.1, 0.15) is 6.61 Å². The van der Waals surface area contributed by atoms with Crippen molar-refractivity contribution in [2.75, 3.05) is 23.4 Å². The van der Waals surface area contributed by atoms with Gasteiger partial charge in [-0.1, -0.05) is 6.07 Å². The van der Waals surface area contributed by atoms with Crippen LogP contribution in [0.15, 0.2) is 24.3 Å².